The fourth-order valence-corrected chi connectivity index (χ4v) is 3.98. The molecule has 0 aromatic carbocycles. The van der Waals surface area contributed by atoms with Crippen molar-refractivity contribution in [1.82, 2.24) is 4.90 Å². The second kappa shape index (κ2) is 5.92. The van der Waals surface area contributed by atoms with Gasteiger partial charge in [0.2, 0.25) is 0 Å². The van der Waals surface area contributed by atoms with Crippen LogP contribution in [0.3, 0.4) is 0 Å². The van der Waals surface area contributed by atoms with Gasteiger partial charge in [0.25, 0.3) is 0 Å². The summed E-state index contributed by atoms with van der Waals surface area (Å²) in [5.41, 5.74) is 6.59. The van der Waals surface area contributed by atoms with E-state index < -0.39 is 0 Å². The van der Waals surface area contributed by atoms with Crippen molar-refractivity contribution in [3.63, 3.8) is 0 Å². The van der Waals surface area contributed by atoms with E-state index >= 15 is 0 Å². The molecule has 2 atom stereocenters. The molecule has 2 rings (SSSR count). The Morgan fingerprint density at radius 2 is 1.56 bits per heavy atom. The predicted octanol–water partition coefficient (Wildman–Crippen LogP) is 3.40. The molecule has 2 heteroatoms. The average molecular weight is 252 g/mol. The van der Waals surface area contributed by atoms with Crippen molar-refractivity contribution in [2.24, 2.45) is 17.1 Å². The van der Waals surface area contributed by atoms with E-state index in [4.69, 9.17) is 5.73 Å². The average Bonchev–Trinajstić information content (AvgIpc) is 2.37. The van der Waals surface area contributed by atoms with Gasteiger partial charge in [-0.3, -0.25) is 4.90 Å². The lowest BCUT2D eigenvalue weighted by atomic mass is 9.70. The first kappa shape index (κ1) is 14.3. The van der Waals surface area contributed by atoms with Gasteiger partial charge in [-0.05, 0) is 57.4 Å². The Hall–Kier alpha value is -0.0800. The minimum absolute atomic E-state index is 0.423. The van der Waals surface area contributed by atoms with Crippen molar-refractivity contribution in [3.8, 4) is 0 Å². The van der Waals surface area contributed by atoms with Gasteiger partial charge < -0.3 is 5.73 Å². The van der Waals surface area contributed by atoms with E-state index in [0.717, 1.165) is 24.5 Å². The molecule has 2 fully saturated rings. The van der Waals surface area contributed by atoms with E-state index in [2.05, 4.69) is 25.7 Å². The molecule has 2 N–H and O–H groups in total. The quantitative estimate of drug-likeness (QED) is 0.834. The molecule has 1 aliphatic carbocycles. The number of hydrogen-bond acceptors (Lipinski definition) is 2. The Labute approximate surface area is 113 Å². The standard InChI is InChI=1S/C16H32N2/c1-13-7-9-16(11-17,10-8-13)12-18-14(2)5-4-6-15(18)3/h13-15H,4-12,17H2,1-3H3. The molecular formula is C16H32N2. The zero-order valence-electron chi connectivity index (χ0n) is 12.6. The van der Waals surface area contributed by atoms with Crippen molar-refractivity contribution >= 4 is 0 Å². The van der Waals surface area contributed by atoms with Crippen LogP contribution in [0, 0.1) is 11.3 Å². The molecule has 1 saturated heterocycles. The molecule has 1 saturated carbocycles. The monoisotopic (exact) mass is 252 g/mol. The first-order chi connectivity index (χ1) is 8.56. The summed E-state index contributed by atoms with van der Waals surface area (Å²) in [5.74, 6) is 0.917. The second-order valence-electron chi connectivity index (χ2n) is 7.19. The Bertz CT molecular complexity index is 246. The van der Waals surface area contributed by atoms with Gasteiger partial charge in [-0.2, -0.15) is 0 Å². The van der Waals surface area contributed by atoms with E-state index in [0.29, 0.717) is 5.41 Å². The normalized spacial score (nSPS) is 43.0. The first-order valence-corrected chi connectivity index (χ1v) is 8.02. The second-order valence-corrected chi connectivity index (χ2v) is 7.19. The van der Waals surface area contributed by atoms with Gasteiger partial charge in [0.15, 0.2) is 0 Å². The van der Waals surface area contributed by atoms with Crippen molar-refractivity contribution in [1.29, 1.82) is 0 Å². The third-order valence-electron chi connectivity index (χ3n) is 5.66. The summed E-state index contributed by atoms with van der Waals surface area (Å²) in [6, 6.07) is 1.52. The van der Waals surface area contributed by atoms with Gasteiger partial charge in [0, 0.05) is 18.6 Å². The molecule has 0 aromatic rings. The van der Waals surface area contributed by atoms with E-state index in [1.54, 1.807) is 0 Å². The number of piperidine rings is 1. The number of hydrogen-bond donors (Lipinski definition) is 1. The Balaban J connectivity index is 2.00. The summed E-state index contributed by atoms with van der Waals surface area (Å²) < 4.78 is 0. The highest BCUT2D eigenvalue weighted by Gasteiger charge is 2.37. The molecule has 2 aliphatic rings. The van der Waals surface area contributed by atoms with Gasteiger partial charge in [0.05, 0.1) is 0 Å². The molecule has 2 nitrogen and oxygen atoms in total. The maximum Gasteiger partial charge on any atom is 0.00700 e. The number of likely N-dealkylation sites (tertiary alicyclic amines) is 1. The fourth-order valence-electron chi connectivity index (χ4n) is 3.98. The largest absolute Gasteiger partial charge is 0.330 e. The number of nitrogens with zero attached hydrogens (tertiary/aromatic N) is 1. The molecule has 1 aliphatic heterocycles. The van der Waals surface area contributed by atoms with Crippen LogP contribution in [0.4, 0.5) is 0 Å². The van der Waals surface area contributed by atoms with Gasteiger partial charge >= 0.3 is 0 Å². The van der Waals surface area contributed by atoms with Crippen molar-refractivity contribution in [3.05, 3.63) is 0 Å². The van der Waals surface area contributed by atoms with Gasteiger partial charge in [0.1, 0.15) is 0 Å². The molecule has 0 radical (unpaired) electrons. The summed E-state index contributed by atoms with van der Waals surface area (Å²) in [5, 5.41) is 0. The molecule has 0 bridgehead atoms. The number of rotatable bonds is 3. The summed E-state index contributed by atoms with van der Waals surface area (Å²) in [6.07, 6.45) is 9.62. The van der Waals surface area contributed by atoms with Crippen LogP contribution in [0.5, 0.6) is 0 Å². The molecule has 2 unspecified atom stereocenters. The van der Waals surface area contributed by atoms with Crippen LogP contribution in [0.2, 0.25) is 0 Å². The molecule has 106 valence electrons. The lowest BCUT2D eigenvalue weighted by Gasteiger charge is -2.47. The van der Waals surface area contributed by atoms with Crippen molar-refractivity contribution < 1.29 is 0 Å². The smallest absolute Gasteiger partial charge is 0.00700 e. The summed E-state index contributed by atoms with van der Waals surface area (Å²) in [4.78, 5) is 2.76. The Kier molecular flexibility index (Phi) is 4.71. The maximum absolute atomic E-state index is 6.17. The third kappa shape index (κ3) is 3.08. The molecule has 18 heavy (non-hydrogen) atoms. The zero-order valence-corrected chi connectivity index (χ0v) is 12.6. The predicted molar refractivity (Wildman–Crippen MR) is 78.6 cm³/mol. The topological polar surface area (TPSA) is 29.3 Å². The molecule has 0 aromatic heterocycles. The van der Waals surface area contributed by atoms with Crippen LogP contribution < -0.4 is 5.73 Å². The minimum Gasteiger partial charge on any atom is -0.330 e. The number of nitrogens with two attached hydrogens (primary N) is 1. The lowest BCUT2D eigenvalue weighted by Crippen LogP contribution is -2.52. The highest BCUT2D eigenvalue weighted by atomic mass is 15.2. The molecule has 0 spiro atoms. The van der Waals surface area contributed by atoms with Crippen LogP contribution in [0.15, 0.2) is 0 Å². The molecule has 0 amide bonds. The van der Waals surface area contributed by atoms with E-state index in [1.165, 1.54) is 51.5 Å². The SMILES string of the molecule is CC1CCC(CN)(CN2C(C)CCCC2C)CC1. The van der Waals surface area contributed by atoms with Crippen LogP contribution >= 0.6 is 0 Å². The van der Waals surface area contributed by atoms with Crippen LogP contribution in [-0.2, 0) is 0 Å². The molecule has 1 heterocycles. The van der Waals surface area contributed by atoms with E-state index in [-0.39, 0.29) is 0 Å². The minimum atomic E-state index is 0.423. The van der Waals surface area contributed by atoms with Crippen molar-refractivity contribution in [2.75, 3.05) is 13.1 Å². The summed E-state index contributed by atoms with van der Waals surface area (Å²) in [7, 11) is 0. The highest BCUT2D eigenvalue weighted by molar-refractivity contribution is 4.92. The van der Waals surface area contributed by atoms with Crippen LogP contribution in [0.1, 0.15) is 65.7 Å². The highest BCUT2D eigenvalue weighted by Crippen LogP contribution is 2.40. The zero-order chi connectivity index (χ0) is 13.2. The maximum atomic E-state index is 6.17. The van der Waals surface area contributed by atoms with E-state index in [1.807, 2.05) is 0 Å². The van der Waals surface area contributed by atoms with Crippen molar-refractivity contribution in [2.45, 2.75) is 77.8 Å². The third-order valence-corrected chi connectivity index (χ3v) is 5.66. The molecular weight excluding hydrogens is 220 g/mol. The van der Waals surface area contributed by atoms with Crippen LogP contribution in [0.25, 0.3) is 0 Å². The van der Waals surface area contributed by atoms with E-state index in [9.17, 15) is 0 Å². The Morgan fingerprint density at radius 1 is 1.00 bits per heavy atom. The summed E-state index contributed by atoms with van der Waals surface area (Å²) in [6.45, 7) is 9.34. The van der Waals surface area contributed by atoms with Gasteiger partial charge in [-0.25, -0.2) is 0 Å². The van der Waals surface area contributed by atoms with Crippen LogP contribution in [-0.4, -0.2) is 30.1 Å². The lowest BCUT2D eigenvalue weighted by molar-refractivity contribution is 0.0267. The summed E-state index contributed by atoms with van der Waals surface area (Å²) >= 11 is 0. The first-order valence-electron chi connectivity index (χ1n) is 8.02. The van der Waals surface area contributed by atoms with Gasteiger partial charge in [-0.15, -0.1) is 0 Å². The van der Waals surface area contributed by atoms with Gasteiger partial charge in [-0.1, -0.05) is 26.2 Å². The Morgan fingerprint density at radius 3 is 2.06 bits per heavy atom. The fraction of sp³-hybridized carbons (Fsp3) is 1.00.